The Kier molecular flexibility index (Phi) is 5.45. The Balaban J connectivity index is 1.48. The molecule has 1 aromatic carbocycles. The number of aliphatic hydroxyl groups excluding tert-OH is 1. The third-order valence-electron chi connectivity index (χ3n) is 4.12. The summed E-state index contributed by atoms with van der Waals surface area (Å²) >= 11 is 0. The lowest BCUT2D eigenvalue weighted by molar-refractivity contribution is -0.132. The molecule has 1 N–H and O–H groups in total. The van der Waals surface area contributed by atoms with E-state index in [4.69, 9.17) is 14.6 Å². The Bertz CT molecular complexity index is 721. The van der Waals surface area contributed by atoms with E-state index in [1.165, 1.54) is 0 Å². The van der Waals surface area contributed by atoms with Crippen LogP contribution in [0.15, 0.2) is 36.5 Å². The molecule has 2 aromatic rings. The monoisotopic (exact) mass is 343 g/mol. The van der Waals surface area contributed by atoms with Crippen molar-refractivity contribution in [1.29, 1.82) is 0 Å². The second kappa shape index (κ2) is 7.94. The number of amides is 1. The largest absolute Gasteiger partial charge is 0.484 e. The third-order valence-corrected chi connectivity index (χ3v) is 4.12. The van der Waals surface area contributed by atoms with Gasteiger partial charge in [0.2, 0.25) is 5.88 Å². The van der Waals surface area contributed by atoms with E-state index in [0.29, 0.717) is 24.7 Å². The third kappa shape index (κ3) is 4.45. The van der Waals surface area contributed by atoms with E-state index in [0.717, 1.165) is 17.5 Å². The van der Waals surface area contributed by atoms with E-state index in [1.54, 1.807) is 35.4 Å². The number of aromatic nitrogens is 2. The molecular formula is C18H21N3O4. The molecule has 1 aromatic heterocycles. The zero-order chi connectivity index (χ0) is 17.6. The van der Waals surface area contributed by atoms with Crippen LogP contribution >= 0.6 is 0 Å². The van der Waals surface area contributed by atoms with Gasteiger partial charge in [-0.2, -0.15) is 5.10 Å². The van der Waals surface area contributed by atoms with Crippen molar-refractivity contribution in [1.82, 2.24) is 15.1 Å². The summed E-state index contributed by atoms with van der Waals surface area (Å²) in [6.45, 7) is 3.03. The SMILES string of the molecule is Cc1ccnnc1OC1CCN(C(=O)COc2ccc(CO)cc2)C1. The highest BCUT2D eigenvalue weighted by atomic mass is 16.5. The highest BCUT2D eigenvalue weighted by Crippen LogP contribution is 2.19. The van der Waals surface area contributed by atoms with Crippen LogP contribution in [0, 0.1) is 6.92 Å². The van der Waals surface area contributed by atoms with Gasteiger partial charge in [0, 0.05) is 18.5 Å². The number of hydrogen-bond acceptors (Lipinski definition) is 6. The fraction of sp³-hybridized carbons (Fsp3) is 0.389. The summed E-state index contributed by atoms with van der Waals surface area (Å²) in [5, 5.41) is 16.8. The predicted octanol–water partition coefficient (Wildman–Crippen LogP) is 1.34. The van der Waals surface area contributed by atoms with Crippen molar-refractivity contribution in [2.24, 2.45) is 0 Å². The molecule has 1 fully saturated rings. The number of aryl methyl sites for hydroxylation is 1. The number of nitrogens with zero attached hydrogens (tertiary/aromatic N) is 3. The number of benzene rings is 1. The van der Waals surface area contributed by atoms with Crippen molar-refractivity contribution in [3.8, 4) is 11.6 Å². The lowest BCUT2D eigenvalue weighted by atomic mass is 10.2. The Hall–Kier alpha value is -2.67. The fourth-order valence-electron chi connectivity index (χ4n) is 2.63. The maximum absolute atomic E-state index is 12.3. The minimum absolute atomic E-state index is 0.0142. The van der Waals surface area contributed by atoms with Crippen molar-refractivity contribution in [3.63, 3.8) is 0 Å². The highest BCUT2D eigenvalue weighted by molar-refractivity contribution is 5.78. The van der Waals surface area contributed by atoms with Crippen molar-refractivity contribution in [3.05, 3.63) is 47.7 Å². The van der Waals surface area contributed by atoms with Crippen LogP contribution in [-0.4, -0.2) is 51.9 Å². The molecule has 7 nitrogen and oxygen atoms in total. The number of aliphatic hydroxyl groups is 1. The van der Waals surface area contributed by atoms with Crippen molar-refractivity contribution in [2.75, 3.05) is 19.7 Å². The van der Waals surface area contributed by atoms with E-state index in [2.05, 4.69) is 10.2 Å². The second-order valence-electron chi connectivity index (χ2n) is 5.98. The molecule has 1 unspecified atom stereocenters. The van der Waals surface area contributed by atoms with Gasteiger partial charge < -0.3 is 19.5 Å². The Morgan fingerprint density at radius 1 is 1.32 bits per heavy atom. The highest BCUT2D eigenvalue weighted by Gasteiger charge is 2.28. The summed E-state index contributed by atoms with van der Waals surface area (Å²) in [5.41, 5.74) is 1.73. The fourth-order valence-corrected chi connectivity index (χ4v) is 2.63. The molecule has 25 heavy (non-hydrogen) atoms. The summed E-state index contributed by atoms with van der Waals surface area (Å²) in [4.78, 5) is 14.0. The maximum atomic E-state index is 12.3. The van der Waals surface area contributed by atoms with E-state index >= 15 is 0 Å². The van der Waals surface area contributed by atoms with Gasteiger partial charge in [0.15, 0.2) is 6.61 Å². The van der Waals surface area contributed by atoms with Gasteiger partial charge in [-0.25, -0.2) is 0 Å². The number of carbonyl (C=O) groups is 1. The quantitative estimate of drug-likeness (QED) is 0.852. The molecule has 0 aliphatic carbocycles. The molecule has 132 valence electrons. The molecule has 2 heterocycles. The van der Waals surface area contributed by atoms with Gasteiger partial charge in [0.05, 0.1) is 19.3 Å². The van der Waals surface area contributed by atoms with Gasteiger partial charge in [-0.1, -0.05) is 12.1 Å². The molecule has 1 amide bonds. The van der Waals surface area contributed by atoms with Crippen LogP contribution in [0.1, 0.15) is 17.5 Å². The van der Waals surface area contributed by atoms with E-state index in [9.17, 15) is 4.79 Å². The first-order valence-corrected chi connectivity index (χ1v) is 8.21. The molecule has 0 radical (unpaired) electrons. The summed E-state index contributed by atoms with van der Waals surface area (Å²) in [6.07, 6.45) is 2.30. The molecular weight excluding hydrogens is 322 g/mol. The molecule has 1 aliphatic heterocycles. The van der Waals surface area contributed by atoms with Gasteiger partial charge >= 0.3 is 0 Å². The molecule has 7 heteroatoms. The first kappa shape index (κ1) is 17.2. The molecule has 1 aliphatic rings. The van der Waals surface area contributed by atoms with Crippen LogP contribution in [0.2, 0.25) is 0 Å². The number of carbonyl (C=O) groups excluding carboxylic acids is 1. The Morgan fingerprint density at radius 3 is 2.84 bits per heavy atom. The Morgan fingerprint density at radius 2 is 2.12 bits per heavy atom. The summed E-state index contributed by atoms with van der Waals surface area (Å²) in [7, 11) is 0. The van der Waals surface area contributed by atoms with Gasteiger partial charge in [-0.05, 0) is 30.7 Å². The standard InChI is InChI=1S/C18H21N3O4/c1-13-6-8-19-20-18(13)25-16-7-9-21(10-16)17(23)12-24-15-4-2-14(11-22)3-5-15/h2-6,8,16,22H,7,9-12H2,1H3. The molecule has 0 spiro atoms. The van der Waals surface area contributed by atoms with Crippen molar-refractivity contribution < 1.29 is 19.4 Å². The van der Waals surface area contributed by atoms with Gasteiger partial charge in [-0.15, -0.1) is 5.10 Å². The first-order valence-electron chi connectivity index (χ1n) is 8.21. The normalized spacial score (nSPS) is 16.7. The second-order valence-corrected chi connectivity index (χ2v) is 5.98. The number of hydrogen-bond donors (Lipinski definition) is 1. The van der Waals surface area contributed by atoms with Gasteiger partial charge in [0.1, 0.15) is 11.9 Å². The smallest absolute Gasteiger partial charge is 0.260 e. The van der Waals surface area contributed by atoms with Crippen LogP contribution in [-0.2, 0) is 11.4 Å². The summed E-state index contributed by atoms with van der Waals surface area (Å²) < 4.78 is 11.4. The topological polar surface area (TPSA) is 84.8 Å². The van der Waals surface area contributed by atoms with E-state index < -0.39 is 0 Å². The molecule has 0 saturated carbocycles. The molecule has 1 atom stereocenters. The maximum Gasteiger partial charge on any atom is 0.260 e. The van der Waals surface area contributed by atoms with Crippen molar-refractivity contribution >= 4 is 5.91 Å². The van der Waals surface area contributed by atoms with E-state index in [-0.39, 0.29) is 25.2 Å². The average molecular weight is 343 g/mol. The molecule has 1 saturated heterocycles. The number of rotatable bonds is 6. The van der Waals surface area contributed by atoms with Crippen LogP contribution in [0.25, 0.3) is 0 Å². The van der Waals surface area contributed by atoms with Crippen LogP contribution in [0.3, 0.4) is 0 Å². The van der Waals surface area contributed by atoms with Gasteiger partial charge in [-0.3, -0.25) is 4.79 Å². The van der Waals surface area contributed by atoms with Crippen LogP contribution in [0.4, 0.5) is 0 Å². The first-order chi connectivity index (χ1) is 12.2. The van der Waals surface area contributed by atoms with Crippen molar-refractivity contribution in [2.45, 2.75) is 26.1 Å². The lowest BCUT2D eigenvalue weighted by Gasteiger charge is -2.17. The average Bonchev–Trinajstić information content (AvgIpc) is 3.11. The Labute approximate surface area is 146 Å². The van der Waals surface area contributed by atoms with Gasteiger partial charge in [0.25, 0.3) is 5.91 Å². The van der Waals surface area contributed by atoms with E-state index in [1.807, 2.05) is 13.0 Å². The number of ether oxygens (including phenoxy) is 2. The van der Waals surface area contributed by atoms with Crippen LogP contribution < -0.4 is 9.47 Å². The minimum Gasteiger partial charge on any atom is -0.484 e. The predicted molar refractivity (Wildman–Crippen MR) is 90.2 cm³/mol. The zero-order valence-corrected chi connectivity index (χ0v) is 14.1. The zero-order valence-electron chi connectivity index (χ0n) is 14.1. The molecule has 3 rings (SSSR count). The minimum atomic E-state index is -0.0804. The summed E-state index contributed by atoms with van der Waals surface area (Å²) in [5.74, 6) is 1.04. The summed E-state index contributed by atoms with van der Waals surface area (Å²) in [6, 6.07) is 8.86. The van der Waals surface area contributed by atoms with Crippen LogP contribution in [0.5, 0.6) is 11.6 Å². The number of likely N-dealkylation sites (tertiary alicyclic amines) is 1. The lowest BCUT2D eigenvalue weighted by Crippen LogP contribution is -2.34. The molecule has 0 bridgehead atoms.